The number of nitrogens with one attached hydrogen (secondary N) is 1. The van der Waals surface area contributed by atoms with Crippen LogP contribution in [0.1, 0.15) is 5.69 Å². The third kappa shape index (κ3) is 2.46. The summed E-state index contributed by atoms with van der Waals surface area (Å²) in [5.74, 6) is 0. The van der Waals surface area contributed by atoms with Gasteiger partial charge in [0.1, 0.15) is 10.4 Å². The number of aliphatic hydroxyl groups excluding tert-OH is 1. The van der Waals surface area contributed by atoms with Crippen molar-refractivity contribution < 1.29 is 13.5 Å². The Labute approximate surface area is 102 Å². The monoisotopic (exact) mass is 274 g/mol. The lowest BCUT2D eigenvalue weighted by molar-refractivity contribution is 0.272. The minimum Gasteiger partial charge on any atom is -0.390 e. The first-order chi connectivity index (χ1) is 8.03. The molecule has 2 aromatic heterocycles. The molecule has 0 aliphatic carbocycles. The Balaban J connectivity index is 2.31. The van der Waals surface area contributed by atoms with E-state index in [9.17, 15) is 8.42 Å². The maximum absolute atomic E-state index is 11.9. The van der Waals surface area contributed by atoms with Gasteiger partial charge in [-0.2, -0.15) is 0 Å². The topological polar surface area (TPSA) is 97.1 Å². The molecular weight excluding hydrogens is 264 g/mol. The number of hydrogen-bond donors (Lipinski definition) is 2. The molecule has 0 fully saturated rings. The Bertz CT molecular complexity index is 603. The van der Waals surface area contributed by atoms with Crippen LogP contribution in [0.5, 0.6) is 0 Å². The summed E-state index contributed by atoms with van der Waals surface area (Å²) in [6.07, 6.45) is 1.43. The summed E-state index contributed by atoms with van der Waals surface area (Å²) in [7, 11) is -2.01. The molecule has 0 bridgehead atoms. The first kappa shape index (κ1) is 12.0. The molecule has 17 heavy (non-hydrogen) atoms. The van der Waals surface area contributed by atoms with Gasteiger partial charge in [0.05, 0.1) is 6.61 Å². The smallest absolute Gasteiger partial charge is 0.265 e. The average molecular weight is 274 g/mol. The van der Waals surface area contributed by atoms with E-state index in [0.29, 0.717) is 5.69 Å². The molecule has 0 unspecified atom stereocenters. The fourth-order valence-electron chi connectivity index (χ4n) is 1.27. The van der Waals surface area contributed by atoms with Gasteiger partial charge >= 0.3 is 0 Å². The third-order valence-electron chi connectivity index (χ3n) is 2.14. The molecule has 2 aromatic rings. The standard InChI is InChI=1S/C8H10N4O3S2/c1-12-3-7(2-6(12)4-13)17(14,15)11-8-10-9-5-16-8/h2-3,5,13H,4H2,1H3,(H,10,11). The summed E-state index contributed by atoms with van der Waals surface area (Å²) >= 11 is 1.09. The van der Waals surface area contributed by atoms with Gasteiger partial charge in [0.2, 0.25) is 5.13 Å². The zero-order valence-electron chi connectivity index (χ0n) is 8.86. The summed E-state index contributed by atoms with van der Waals surface area (Å²) < 4.78 is 27.7. The van der Waals surface area contributed by atoms with Gasteiger partial charge in [-0.1, -0.05) is 11.3 Å². The van der Waals surface area contributed by atoms with E-state index in [2.05, 4.69) is 14.9 Å². The first-order valence-corrected chi connectivity index (χ1v) is 6.94. The molecule has 0 radical (unpaired) electrons. The van der Waals surface area contributed by atoms with Crippen LogP contribution in [0, 0.1) is 0 Å². The molecule has 0 saturated carbocycles. The predicted octanol–water partition coefficient (Wildman–Crippen LogP) is 0.170. The van der Waals surface area contributed by atoms with Gasteiger partial charge in [0.15, 0.2) is 0 Å². The minimum absolute atomic E-state index is 0.0826. The lowest BCUT2D eigenvalue weighted by Crippen LogP contribution is -2.12. The lowest BCUT2D eigenvalue weighted by Gasteiger charge is -2.00. The van der Waals surface area contributed by atoms with Gasteiger partial charge in [-0.15, -0.1) is 10.2 Å². The third-order valence-corrected chi connectivity index (χ3v) is 4.18. The van der Waals surface area contributed by atoms with Crippen molar-refractivity contribution in [2.24, 2.45) is 7.05 Å². The van der Waals surface area contributed by atoms with Gasteiger partial charge in [-0.05, 0) is 6.07 Å². The number of sulfonamides is 1. The molecule has 0 aromatic carbocycles. The molecule has 0 amide bonds. The van der Waals surface area contributed by atoms with Gasteiger partial charge in [-0.3, -0.25) is 4.72 Å². The predicted molar refractivity (Wildman–Crippen MR) is 62.1 cm³/mol. The molecule has 2 heterocycles. The number of aryl methyl sites for hydroxylation is 1. The molecule has 0 atom stereocenters. The summed E-state index contributed by atoms with van der Waals surface area (Å²) in [6.45, 7) is -0.217. The molecule has 2 rings (SSSR count). The van der Waals surface area contributed by atoms with Crippen molar-refractivity contribution in [3.63, 3.8) is 0 Å². The fourth-order valence-corrected chi connectivity index (χ4v) is 3.06. The van der Waals surface area contributed by atoms with Gasteiger partial charge in [0, 0.05) is 18.9 Å². The molecule has 0 aliphatic rings. The van der Waals surface area contributed by atoms with Crippen LogP contribution in [0.4, 0.5) is 5.13 Å². The molecule has 0 saturated heterocycles. The number of aromatic nitrogens is 3. The molecule has 0 aliphatic heterocycles. The van der Waals surface area contributed by atoms with Crippen molar-refractivity contribution >= 4 is 26.5 Å². The number of aliphatic hydroxyl groups is 1. The van der Waals surface area contributed by atoms with Crippen molar-refractivity contribution in [1.29, 1.82) is 0 Å². The highest BCUT2D eigenvalue weighted by atomic mass is 32.2. The highest BCUT2D eigenvalue weighted by molar-refractivity contribution is 7.93. The van der Waals surface area contributed by atoms with E-state index in [0.717, 1.165) is 11.3 Å². The van der Waals surface area contributed by atoms with Gasteiger partial charge in [0.25, 0.3) is 10.0 Å². The van der Waals surface area contributed by atoms with Crippen molar-refractivity contribution in [3.8, 4) is 0 Å². The van der Waals surface area contributed by atoms with E-state index in [-0.39, 0.29) is 16.6 Å². The van der Waals surface area contributed by atoms with E-state index in [1.807, 2.05) is 0 Å². The van der Waals surface area contributed by atoms with E-state index < -0.39 is 10.0 Å². The lowest BCUT2D eigenvalue weighted by atomic mass is 10.5. The van der Waals surface area contributed by atoms with E-state index in [1.54, 1.807) is 11.6 Å². The Kier molecular flexibility index (Phi) is 3.13. The highest BCUT2D eigenvalue weighted by Gasteiger charge is 2.18. The maximum Gasteiger partial charge on any atom is 0.265 e. The SMILES string of the molecule is Cn1cc(S(=O)(=O)Nc2nncs2)cc1CO. The zero-order valence-corrected chi connectivity index (χ0v) is 10.5. The van der Waals surface area contributed by atoms with E-state index in [4.69, 9.17) is 5.11 Å². The highest BCUT2D eigenvalue weighted by Crippen LogP contribution is 2.18. The van der Waals surface area contributed by atoms with Crippen molar-refractivity contribution in [2.75, 3.05) is 4.72 Å². The van der Waals surface area contributed by atoms with Crippen LogP contribution in [0.25, 0.3) is 0 Å². The molecule has 0 spiro atoms. The number of hydrogen-bond acceptors (Lipinski definition) is 6. The Morgan fingerprint density at radius 2 is 2.35 bits per heavy atom. The minimum atomic E-state index is -3.67. The number of nitrogens with zero attached hydrogens (tertiary/aromatic N) is 3. The van der Waals surface area contributed by atoms with Crippen LogP contribution in [0.15, 0.2) is 22.7 Å². The summed E-state index contributed by atoms with van der Waals surface area (Å²) in [4.78, 5) is 0.0826. The van der Waals surface area contributed by atoms with Gasteiger partial charge in [-0.25, -0.2) is 8.42 Å². The zero-order chi connectivity index (χ0) is 12.5. The fraction of sp³-hybridized carbons (Fsp3) is 0.250. The quantitative estimate of drug-likeness (QED) is 0.828. The van der Waals surface area contributed by atoms with Crippen molar-refractivity contribution in [3.05, 3.63) is 23.5 Å². The first-order valence-electron chi connectivity index (χ1n) is 4.58. The van der Waals surface area contributed by atoms with Crippen molar-refractivity contribution in [1.82, 2.24) is 14.8 Å². The van der Waals surface area contributed by atoms with Crippen LogP contribution >= 0.6 is 11.3 Å². The largest absolute Gasteiger partial charge is 0.390 e. The van der Waals surface area contributed by atoms with Crippen LogP contribution in [0.2, 0.25) is 0 Å². The molecule has 92 valence electrons. The number of rotatable bonds is 4. The van der Waals surface area contributed by atoms with Crippen molar-refractivity contribution in [2.45, 2.75) is 11.5 Å². The van der Waals surface area contributed by atoms with Crippen LogP contribution < -0.4 is 4.72 Å². The number of anilines is 1. The second-order valence-electron chi connectivity index (χ2n) is 3.29. The van der Waals surface area contributed by atoms with Gasteiger partial charge < -0.3 is 9.67 Å². The summed E-state index contributed by atoms with van der Waals surface area (Å²) in [5, 5.41) is 16.3. The van der Waals surface area contributed by atoms with E-state index >= 15 is 0 Å². The average Bonchev–Trinajstić information content (AvgIpc) is 2.87. The maximum atomic E-state index is 11.9. The van der Waals surface area contributed by atoms with Crippen LogP contribution in [-0.4, -0.2) is 28.3 Å². The Morgan fingerprint density at radius 3 is 2.88 bits per heavy atom. The molecule has 9 heteroatoms. The Hall–Kier alpha value is -1.45. The van der Waals surface area contributed by atoms with Crippen LogP contribution in [-0.2, 0) is 23.7 Å². The Morgan fingerprint density at radius 1 is 1.59 bits per heavy atom. The van der Waals surface area contributed by atoms with E-state index in [1.165, 1.54) is 17.8 Å². The second-order valence-corrected chi connectivity index (χ2v) is 5.80. The van der Waals surface area contributed by atoms with Crippen LogP contribution in [0.3, 0.4) is 0 Å². The molecule has 7 nitrogen and oxygen atoms in total. The molecule has 2 N–H and O–H groups in total. The normalized spacial score (nSPS) is 11.6. The molecular formula is C8H10N4O3S2. The summed E-state index contributed by atoms with van der Waals surface area (Å²) in [6, 6.07) is 1.41. The second kappa shape index (κ2) is 4.43. The summed E-state index contributed by atoms with van der Waals surface area (Å²) in [5.41, 5.74) is 1.95.